The molecule has 0 fully saturated rings. The molecule has 2 N–H and O–H groups in total. The topological polar surface area (TPSA) is 89.0 Å². The van der Waals surface area contributed by atoms with Crippen LogP contribution in [0.25, 0.3) is 22.2 Å². The molecular weight excluding hydrogens is 466 g/mol. The number of aromatic amines is 1. The molecule has 1 heterocycles. The first-order chi connectivity index (χ1) is 15.8. The number of amides is 2. The van der Waals surface area contributed by atoms with Crippen molar-refractivity contribution in [3.8, 4) is 17.3 Å². The molecule has 0 atom stereocenters. The molecule has 0 saturated carbocycles. The van der Waals surface area contributed by atoms with E-state index in [0.29, 0.717) is 15.8 Å². The van der Waals surface area contributed by atoms with Crippen molar-refractivity contribution in [1.29, 1.82) is 5.26 Å². The van der Waals surface area contributed by atoms with Crippen LogP contribution in [0.1, 0.15) is 17.5 Å². The Morgan fingerprint density at radius 3 is 2.38 bits per heavy atom. The molecule has 178 valence electrons. The van der Waals surface area contributed by atoms with Gasteiger partial charge in [0.1, 0.15) is 0 Å². The van der Waals surface area contributed by atoms with Crippen molar-refractivity contribution in [2.75, 3.05) is 18.9 Å². The number of hydrogen-bond donors (Lipinski definition) is 2. The molecule has 0 aliphatic heterocycles. The number of fused-ring (bicyclic) bond motifs is 1. The van der Waals surface area contributed by atoms with E-state index in [-0.39, 0.29) is 22.5 Å². The normalized spacial score (nSPS) is 11.8. The molecule has 12 heteroatoms. The number of rotatable bonds is 4. The van der Waals surface area contributed by atoms with Crippen LogP contribution in [-0.2, 0) is 15.8 Å². The molecule has 0 saturated heterocycles. The Hall–Kier alpha value is -4.01. The van der Waals surface area contributed by atoms with Gasteiger partial charge in [0.15, 0.2) is 0 Å². The van der Waals surface area contributed by atoms with Crippen LogP contribution < -0.4 is 5.32 Å². The second-order valence-electron chi connectivity index (χ2n) is 7.40. The van der Waals surface area contributed by atoms with Gasteiger partial charge in [-0.2, -0.15) is 31.6 Å². The largest absolute Gasteiger partial charge is 0.417 e. The Labute approximate surface area is 188 Å². The van der Waals surface area contributed by atoms with Gasteiger partial charge in [0.25, 0.3) is 0 Å². The van der Waals surface area contributed by atoms with Crippen molar-refractivity contribution < 1.29 is 35.9 Å². The minimum atomic E-state index is -4.67. The van der Waals surface area contributed by atoms with Crippen LogP contribution in [-0.4, -0.2) is 41.5 Å². The number of hydrogen-bond acceptors (Lipinski definition) is 3. The molecule has 0 aliphatic carbocycles. The summed E-state index contributed by atoms with van der Waals surface area (Å²) < 4.78 is 77.3. The first-order valence-electron chi connectivity index (χ1n) is 9.66. The Morgan fingerprint density at radius 1 is 1.06 bits per heavy atom. The molecule has 0 radical (unpaired) electrons. The third-order valence-corrected chi connectivity index (χ3v) is 4.90. The summed E-state index contributed by atoms with van der Waals surface area (Å²) in [5, 5.41) is 11.8. The summed E-state index contributed by atoms with van der Waals surface area (Å²) in [5.74, 6) is -2.35. The number of carbonyl (C=O) groups is 2. The second kappa shape index (κ2) is 9.09. The van der Waals surface area contributed by atoms with Crippen LogP contribution in [0.15, 0.2) is 42.5 Å². The number of alkyl halides is 6. The van der Waals surface area contributed by atoms with Gasteiger partial charge < -0.3 is 15.2 Å². The third-order valence-electron chi connectivity index (χ3n) is 4.90. The number of carbonyl (C=O) groups excluding carboxylic acids is 2. The van der Waals surface area contributed by atoms with Gasteiger partial charge in [-0.15, -0.1) is 0 Å². The number of nitrogens with zero attached hydrogens (tertiary/aromatic N) is 2. The summed E-state index contributed by atoms with van der Waals surface area (Å²) >= 11 is 0. The molecule has 34 heavy (non-hydrogen) atoms. The summed E-state index contributed by atoms with van der Waals surface area (Å²) in [6.07, 6.45) is -10.4. The highest BCUT2D eigenvalue weighted by Crippen LogP contribution is 2.38. The van der Waals surface area contributed by atoms with E-state index in [9.17, 15) is 35.9 Å². The zero-order valence-corrected chi connectivity index (χ0v) is 17.4. The SMILES string of the molecule is CN(CCC(F)(F)F)C(=O)C(=O)Nc1ccc2cc(-c3cc(C#N)ccc3C(F)(F)F)[nH]c2c1. The Morgan fingerprint density at radius 2 is 1.76 bits per heavy atom. The van der Waals surface area contributed by atoms with E-state index in [0.717, 1.165) is 25.2 Å². The van der Waals surface area contributed by atoms with Crippen molar-refractivity contribution in [1.82, 2.24) is 9.88 Å². The zero-order valence-electron chi connectivity index (χ0n) is 17.4. The van der Waals surface area contributed by atoms with Gasteiger partial charge in [0.05, 0.1) is 23.6 Å². The maximum atomic E-state index is 13.5. The van der Waals surface area contributed by atoms with Crippen molar-refractivity contribution >= 4 is 28.4 Å². The van der Waals surface area contributed by atoms with E-state index in [1.165, 1.54) is 24.3 Å². The molecule has 2 amide bonds. The fraction of sp³-hybridized carbons (Fsp3) is 0.227. The molecule has 2 aromatic carbocycles. The van der Waals surface area contributed by atoms with E-state index in [1.807, 2.05) is 0 Å². The number of benzene rings is 2. The minimum Gasteiger partial charge on any atom is -0.354 e. The number of aromatic nitrogens is 1. The minimum absolute atomic E-state index is 0.0303. The van der Waals surface area contributed by atoms with Gasteiger partial charge in [0, 0.05) is 41.4 Å². The van der Waals surface area contributed by atoms with Crippen LogP contribution in [0.5, 0.6) is 0 Å². The Bertz CT molecular complexity index is 1290. The number of likely N-dealkylation sites (N-methyl/N-ethyl adjacent to an activating group) is 1. The molecule has 0 aliphatic rings. The number of anilines is 1. The molecule has 3 aromatic rings. The van der Waals surface area contributed by atoms with Gasteiger partial charge in [0.2, 0.25) is 0 Å². The van der Waals surface area contributed by atoms with Gasteiger partial charge in [-0.1, -0.05) is 6.07 Å². The standard InChI is InChI=1S/C22H16F6N4O2/c1-32(7-6-21(23,24)25)20(34)19(33)30-14-4-3-13-9-18(31-17(13)10-14)15-8-12(11-29)2-5-16(15)22(26,27)28/h2-5,8-10,31H,6-7H2,1H3,(H,30,33). The van der Waals surface area contributed by atoms with Crippen molar-refractivity contribution in [2.45, 2.75) is 18.8 Å². The summed E-state index contributed by atoms with van der Waals surface area (Å²) in [4.78, 5) is 27.6. The molecule has 0 bridgehead atoms. The van der Waals surface area contributed by atoms with E-state index < -0.39 is 42.7 Å². The summed E-state index contributed by atoms with van der Waals surface area (Å²) in [7, 11) is 1.06. The van der Waals surface area contributed by atoms with Crippen LogP contribution >= 0.6 is 0 Å². The van der Waals surface area contributed by atoms with E-state index in [2.05, 4.69) is 10.3 Å². The van der Waals surface area contributed by atoms with Crippen molar-refractivity contribution in [3.63, 3.8) is 0 Å². The predicted molar refractivity (Wildman–Crippen MR) is 110 cm³/mol. The first kappa shape index (κ1) is 24.6. The maximum absolute atomic E-state index is 13.5. The van der Waals surface area contributed by atoms with Crippen molar-refractivity contribution in [3.05, 3.63) is 53.6 Å². The van der Waals surface area contributed by atoms with Crippen molar-refractivity contribution in [2.24, 2.45) is 0 Å². The van der Waals surface area contributed by atoms with E-state index >= 15 is 0 Å². The lowest BCUT2D eigenvalue weighted by atomic mass is 10.0. The van der Waals surface area contributed by atoms with E-state index in [1.54, 1.807) is 6.07 Å². The molecular formula is C22H16F6N4O2. The Kier molecular flexibility index (Phi) is 6.58. The monoisotopic (exact) mass is 482 g/mol. The first-order valence-corrected chi connectivity index (χ1v) is 9.66. The average Bonchev–Trinajstić information content (AvgIpc) is 3.18. The molecule has 3 rings (SSSR count). The highest BCUT2D eigenvalue weighted by atomic mass is 19.4. The quantitative estimate of drug-likeness (QED) is 0.402. The van der Waals surface area contributed by atoms with Gasteiger partial charge in [-0.05, 0) is 36.4 Å². The smallest absolute Gasteiger partial charge is 0.354 e. The Balaban J connectivity index is 1.85. The molecule has 1 aromatic heterocycles. The maximum Gasteiger partial charge on any atom is 0.417 e. The summed E-state index contributed by atoms with van der Waals surface area (Å²) in [5.41, 5.74) is -0.658. The number of halogens is 6. The molecule has 6 nitrogen and oxygen atoms in total. The fourth-order valence-electron chi connectivity index (χ4n) is 3.19. The lowest BCUT2D eigenvalue weighted by Crippen LogP contribution is -2.38. The number of nitrogens with one attached hydrogen (secondary N) is 2. The van der Waals surface area contributed by atoms with Gasteiger partial charge >= 0.3 is 24.2 Å². The summed E-state index contributed by atoms with van der Waals surface area (Å²) in [6, 6.07) is 10.4. The van der Waals surface area contributed by atoms with Crippen LogP contribution in [0.3, 0.4) is 0 Å². The average molecular weight is 482 g/mol. The van der Waals surface area contributed by atoms with Crippen LogP contribution in [0.4, 0.5) is 32.0 Å². The van der Waals surface area contributed by atoms with Gasteiger partial charge in [-0.25, -0.2) is 0 Å². The van der Waals surface area contributed by atoms with Crippen LogP contribution in [0.2, 0.25) is 0 Å². The number of H-pyrrole nitrogens is 1. The lowest BCUT2D eigenvalue weighted by Gasteiger charge is -2.17. The predicted octanol–water partition coefficient (Wildman–Crippen LogP) is 5.07. The third kappa shape index (κ3) is 5.67. The second-order valence-corrected chi connectivity index (χ2v) is 7.40. The lowest BCUT2D eigenvalue weighted by molar-refractivity contribution is -0.149. The van der Waals surface area contributed by atoms with E-state index in [4.69, 9.17) is 5.26 Å². The number of nitriles is 1. The summed E-state index contributed by atoms with van der Waals surface area (Å²) in [6.45, 7) is -0.696. The van der Waals surface area contributed by atoms with Crippen LogP contribution in [0, 0.1) is 11.3 Å². The molecule has 0 unspecified atom stereocenters. The highest BCUT2D eigenvalue weighted by Gasteiger charge is 2.34. The molecule has 0 spiro atoms. The van der Waals surface area contributed by atoms with Gasteiger partial charge in [-0.3, -0.25) is 9.59 Å². The fourth-order valence-corrected chi connectivity index (χ4v) is 3.19. The zero-order chi connectivity index (χ0) is 25.3. The highest BCUT2D eigenvalue weighted by molar-refractivity contribution is 6.39.